The van der Waals surface area contributed by atoms with Crippen LogP contribution >= 0.6 is 0 Å². The number of hydrogen-bond donors (Lipinski definition) is 1. The van der Waals surface area contributed by atoms with Crippen molar-refractivity contribution in [3.8, 4) is 0 Å². The second-order valence-corrected chi connectivity index (χ2v) is 4.22. The van der Waals surface area contributed by atoms with E-state index >= 15 is 0 Å². The topological polar surface area (TPSA) is 42.2 Å². The summed E-state index contributed by atoms with van der Waals surface area (Å²) in [6, 6.07) is 9.98. The molecule has 0 saturated carbocycles. The molecule has 3 nitrogen and oxygen atoms in total. The minimum absolute atomic E-state index is 0.247. The summed E-state index contributed by atoms with van der Waals surface area (Å²) in [5.41, 5.74) is 0.594. The Morgan fingerprint density at radius 3 is 2.74 bits per heavy atom. The molecule has 1 N–H and O–H groups in total. The van der Waals surface area contributed by atoms with Gasteiger partial charge in [-0.1, -0.05) is 25.1 Å². The molecule has 0 spiro atoms. The number of benzene rings is 1. The van der Waals surface area contributed by atoms with Gasteiger partial charge in [0.2, 0.25) is 0 Å². The molecule has 19 heavy (non-hydrogen) atoms. The van der Waals surface area contributed by atoms with E-state index < -0.39 is 0 Å². The number of furan rings is 1. The molecule has 0 aliphatic rings. The highest BCUT2D eigenvalue weighted by molar-refractivity contribution is 5.91. The highest BCUT2D eigenvalue weighted by Crippen LogP contribution is 2.09. The van der Waals surface area contributed by atoms with Crippen molar-refractivity contribution < 1.29 is 13.6 Å². The van der Waals surface area contributed by atoms with Crippen LogP contribution < -0.4 is 5.32 Å². The minimum atomic E-state index is -0.268. The first kappa shape index (κ1) is 13.3. The van der Waals surface area contributed by atoms with Gasteiger partial charge < -0.3 is 9.73 Å². The van der Waals surface area contributed by atoms with Crippen LogP contribution in [0.15, 0.2) is 40.8 Å². The van der Waals surface area contributed by atoms with Crippen molar-refractivity contribution in [3.63, 3.8) is 0 Å². The molecule has 2 aromatic rings. The number of halogens is 1. The highest BCUT2D eigenvalue weighted by Gasteiger charge is 2.10. The molecule has 0 bridgehead atoms. The van der Waals surface area contributed by atoms with Gasteiger partial charge in [-0.3, -0.25) is 4.79 Å². The van der Waals surface area contributed by atoms with Crippen molar-refractivity contribution in [2.24, 2.45) is 0 Å². The summed E-state index contributed by atoms with van der Waals surface area (Å²) in [6.45, 7) is 2.33. The second-order valence-electron chi connectivity index (χ2n) is 4.22. The summed E-state index contributed by atoms with van der Waals surface area (Å²) in [5, 5.41) is 2.71. The minimum Gasteiger partial charge on any atom is -0.456 e. The lowest BCUT2D eigenvalue weighted by Gasteiger charge is -2.04. The summed E-state index contributed by atoms with van der Waals surface area (Å²) >= 11 is 0. The monoisotopic (exact) mass is 261 g/mol. The zero-order valence-electron chi connectivity index (χ0n) is 10.8. The van der Waals surface area contributed by atoms with Gasteiger partial charge in [-0.2, -0.15) is 0 Å². The van der Waals surface area contributed by atoms with Crippen molar-refractivity contribution in [2.45, 2.75) is 19.8 Å². The summed E-state index contributed by atoms with van der Waals surface area (Å²) < 4.78 is 18.7. The number of carbonyl (C=O) groups excluding carboxylic acids is 1. The molecule has 0 saturated heterocycles. The van der Waals surface area contributed by atoms with Crippen LogP contribution in [0.1, 0.15) is 28.8 Å². The lowest BCUT2D eigenvalue weighted by atomic mass is 10.1. The smallest absolute Gasteiger partial charge is 0.287 e. The largest absolute Gasteiger partial charge is 0.456 e. The van der Waals surface area contributed by atoms with Crippen LogP contribution in [-0.2, 0) is 12.8 Å². The predicted molar refractivity (Wildman–Crippen MR) is 70.5 cm³/mol. The van der Waals surface area contributed by atoms with Crippen LogP contribution in [-0.4, -0.2) is 12.5 Å². The van der Waals surface area contributed by atoms with Crippen LogP contribution in [0.5, 0.6) is 0 Å². The Kier molecular flexibility index (Phi) is 4.34. The molecule has 1 amide bonds. The van der Waals surface area contributed by atoms with Gasteiger partial charge >= 0.3 is 0 Å². The molecule has 0 aliphatic heterocycles. The standard InChI is InChI=1S/C15H16FNO2/c1-2-12-7-8-14(19-12)15(18)17-10-9-11-5-3-4-6-13(11)16/h3-8H,2,9-10H2,1H3,(H,17,18). The van der Waals surface area contributed by atoms with Gasteiger partial charge in [0, 0.05) is 13.0 Å². The lowest BCUT2D eigenvalue weighted by molar-refractivity contribution is 0.0924. The molecule has 1 aromatic carbocycles. The van der Waals surface area contributed by atoms with E-state index in [0.29, 0.717) is 24.3 Å². The number of nitrogens with one attached hydrogen (secondary N) is 1. The van der Waals surface area contributed by atoms with Crippen molar-refractivity contribution in [1.29, 1.82) is 0 Å². The lowest BCUT2D eigenvalue weighted by Crippen LogP contribution is -2.25. The number of hydrogen-bond acceptors (Lipinski definition) is 2. The SMILES string of the molecule is CCc1ccc(C(=O)NCCc2ccccc2F)o1. The fourth-order valence-electron chi connectivity index (χ4n) is 1.79. The fraction of sp³-hybridized carbons (Fsp3) is 0.267. The fourth-order valence-corrected chi connectivity index (χ4v) is 1.79. The molecule has 4 heteroatoms. The molecule has 0 atom stereocenters. The van der Waals surface area contributed by atoms with E-state index in [1.807, 2.05) is 6.92 Å². The van der Waals surface area contributed by atoms with Crippen molar-refractivity contribution >= 4 is 5.91 Å². The van der Waals surface area contributed by atoms with Gasteiger partial charge in [0.1, 0.15) is 11.6 Å². The van der Waals surface area contributed by atoms with Crippen molar-refractivity contribution in [3.05, 3.63) is 59.3 Å². The number of rotatable bonds is 5. The van der Waals surface area contributed by atoms with Crippen LogP contribution in [0.2, 0.25) is 0 Å². The summed E-state index contributed by atoms with van der Waals surface area (Å²) in [5.74, 6) is 0.559. The number of carbonyl (C=O) groups is 1. The van der Waals surface area contributed by atoms with E-state index in [-0.39, 0.29) is 11.7 Å². The van der Waals surface area contributed by atoms with Gasteiger partial charge in [0.15, 0.2) is 5.76 Å². The molecule has 0 aliphatic carbocycles. The average molecular weight is 261 g/mol. The first-order valence-corrected chi connectivity index (χ1v) is 6.31. The Hall–Kier alpha value is -2.10. The van der Waals surface area contributed by atoms with Crippen LogP contribution in [0.3, 0.4) is 0 Å². The predicted octanol–water partition coefficient (Wildman–Crippen LogP) is 2.95. The Morgan fingerprint density at radius 1 is 1.26 bits per heavy atom. The van der Waals surface area contributed by atoms with Gasteiger partial charge in [0.25, 0.3) is 5.91 Å². The van der Waals surface area contributed by atoms with E-state index in [1.54, 1.807) is 30.3 Å². The van der Waals surface area contributed by atoms with Gasteiger partial charge in [0.05, 0.1) is 0 Å². The van der Waals surface area contributed by atoms with Crippen LogP contribution in [0.25, 0.3) is 0 Å². The maximum atomic E-state index is 13.4. The zero-order valence-corrected chi connectivity index (χ0v) is 10.8. The first-order chi connectivity index (χ1) is 9.20. The molecule has 1 heterocycles. The Balaban J connectivity index is 1.86. The molecule has 0 radical (unpaired) electrons. The normalized spacial score (nSPS) is 10.4. The van der Waals surface area contributed by atoms with Crippen molar-refractivity contribution in [1.82, 2.24) is 5.32 Å². The third-order valence-electron chi connectivity index (χ3n) is 2.87. The maximum absolute atomic E-state index is 13.4. The molecule has 100 valence electrons. The van der Waals surface area contributed by atoms with Crippen LogP contribution in [0.4, 0.5) is 4.39 Å². The number of aryl methyl sites for hydroxylation is 1. The molecular weight excluding hydrogens is 245 g/mol. The molecule has 0 fully saturated rings. The third-order valence-corrected chi connectivity index (χ3v) is 2.87. The summed E-state index contributed by atoms with van der Waals surface area (Å²) in [6.07, 6.45) is 1.21. The third kappa shape index (κ3) is 3.44. The van der Waals surface area contributed by atoms with E-state index in [1.165, 1.54) is 6.07 Å². The quantitative estimate of drug-likeness (QED) is 0.899. The zero-order chi connectivity index (χ0) is 13.7. The first-order valence-electron chi connectivity index (χ1n) is 6.31. The number of amides is 1. The van der Waals surface area contributed by atoms with Gasteiger partial charge in [-0.25, -0.2) is 4.39 Å². The van der Waals surface area contributed by atoms with Gasteiger partial charge in [-0.15, -0.1) is 0 Å². The van der Waals surface area contributed by atoms with E-state index in [0.717, 1.165) is 12.2 Å². The van der Waals surface area contributed by atoms with Gasteiger partial charge in [-0.05, 0) is 30.2 Å². The molecule has 1 aromatic heterocycles. The summed E-state index contributed by atoms with van der Waals surface area (Å²) in [4.78, 5) is 11.8. The second kappa shape index (κ2) is 6.18. The average Bonchev–Trinajstić information content (AvgIpc) is 2.90. The highest BCUT2D eigenvalue weighted by atomic mass is 19.1. The summed E-state index contributed by atoms with van der Waals surface area (Å²) in [7, 11) is 0. The Bertz CT molecular complexity index is 563. The van der Waals surface area contributed by atoms with E-state index in [4.69, 9.17) is 4.42 Å². The molecule has 2 rings (SSSR count). The van der Waals surface area contributed by atoms with E-state index in [9.17, 15) is 9.18 Å². The molecule has 0 unspecified atom stereocenters. The maximum Gasteiger partial charge on any atom is 0.287 e. The van der Waals surface area contributed by atoms with Crippen LogP contribution in [0, 0.1) is 5.82 Å². The Labute approximate surface area is 111 Å². The van der Waals surface area contributed by atoms with Crippen molar-refractivity contribution in [2.75, 3.05) is 6.54 Å². The van der Waals surface area contributed by atoms with E-state index in [2.05, 4.69) is 5.32 Å². The molecular formula is C15H16FNO2. The Morgan fingerprint density at radius 2 is 2.05 bits per heavy atom.